The molecule has 2 heterocycles. The largest absolute Gasteiger partial charge is 0.265 e. The van der Waals surface area contributed by atoms with Gasteiger partial charge < -0.3 is 0 Å². The monoisotopic (exact) mass is 266 g/mol. The van der Waals surface area contributed by atoms with Gasteiger partial charge in [0.15, 0.2) is 0 Å². The predicted molar refractivity (Wildman–Crippen MR) is 77.9 cm³/mol. The standard InChI is InChI=1S/C16H11ClN2/c17-15-4-1-12(2-5-15)14-3-6-16(19-11-14)13-7-9-18-10-8-13/h1-11H. The lowest BCUT2D eigenvalue weighted by Gasteiger charge is -2.04. The third-order valence-corrected chi connectivity index (χ3v) is 3.17. The second-order valence-electron chi connectivity index (χ2n) is 4.17. The molecule has 92 valence electrons. The van der Waals surface area contributed by atoms with Gasteiger partial charge in [-0.2, -0.15) is 0 Å². The van der Waals surface area contributed by atoms with Crippen molar-refractivity contribution in [2.45, 2.75) is 0 Å². The van der Waals surface area contributed by atoms with Gasteiger partial charge in [0.05, 0.1) is 5.69 Å². The van der Waals surface area contributed by atoms with E-state index in [0.717, 1.165) is 27.4 Å². The highest BCUT2D eigenvalue weighted by Gasteiger charge is 2.01. The summed E-state index contributed by atoms with van der Waals surface area (Å²) in [6.07, 6.45) is 5.41. The van der Waals surface area contributed by atoms with Crippen LogP contribution in [0.4, 0.5) is 0 Å². The van der Waals surface area contributed by atoms with Crippen molar-refractivity contribution in [3.05, 3.63) is 72.1 Å². The molecule has 0 aliphatic carbocycles. The summed E-state index contributed by atoms with van der Waals surface area (Å²) in [4.78, 5) is 8.49. The van der Waals surface area contributed by atoms with Crippen LogP contribution in [0.3, 0.4) is 0 Å². The Labute approximate surface area is 116 Å². The van der Waals surface area contributed by atoms with E-state index in [1.165, 1.54) is 0 Å². The lowest BCUT2D eigenvalue weighted by Crippen LogP contribution is -1.85. The zero-order valence-corrected chi connectivity index (χ0v) is 10.9. The van der Waals surface area contributed by atoms with Crippen molar-refractivity contribution >= 4 is 11.6 Å². The van der Waals surface area contributed by atoms with Crippen LogP contribution >= 0.6 is 11.6 Å². The SMILES string of the molecule is Clc1ccc(-c2ccc(-c3ccncc3)nc2)cc1. The van der Waals surface area contributed by atoms with Gasteiger partial charge in [-0.15, -0.1) is 0 Å². The second kappa shape index (κ2) is 5.21. The smallest absolute Gasteiger partial charge is 0.0703 e. The van der Waals surface area contributed by atoms with Gasteiger partial charge in [-0.05, 0) is 35.9 Å². The van der Waals surface area contributed by atoms with Crippen LogP contribution in [0.5, 0.6) is 0 Å². The molecule has 3 aromatic rings. The molecule has 0 N–H and O–H groups in total. The number of halogens is 1. The first-order chi connectivity index (χ1) is 9.33. The van der Waals surface area contributed by atoms with E-state index in [0.29, 0.717) is 0 Å². The minimum Gasteiger partial charge on any atom is -0.265 e. The van der Waals surface area contributed by atoms with E-state index in [-0.39, 0.29) is 0 Å². The minimum atomic E-state index is 0.741. The van der Waals surface area contributed by atoms with Gasteiger partial charge in [0.1, 0.15) is 0 Å². The fourth-order valence-corrected chi connectivity index (χ4v) is 2.03. The molecule has 0 saturated heterocycles. The highest BCUT2D eigenvalue weighted by atomic mass is 35.5. The van der Waals surface area contributed by atoms with E-state index in [2.05, 4.69) is 16.0 Å². The number of hydrogen-bond donors (Lipinski definition) is 0. The van der Waals surface area contributed by atoms with Crippen LogP contribution < -0.4 is 0 Å². The van der Waals surface area contributed by atoms with Gasteiger partial charge in [-0.3, -0.25) is 9.97 Å². The van der Waals surface area contributed by atoms with Crippen molar-refractivity contribution in [2.24, 2.45) is 0 Å². The molecule has 0 spiro atoms. The molecule has 0 radical (unpaired) electrons. The molecular weight excluding hydrogens is 256 g/mol. The summed E-state index contributed by atoms with van der Waals surface area (Å²) in [5, 5.41) is 0.741. The zero-order valence-electron chi connectivity index (χ0n) is 10.1. The van der Waals surface area contributed by atoms with Crippen LogP contribution in [0.15, 0.2) is 67.1 Å². The summed E-state index contributed by atoms with van der Waals surface area (Å²) in [5.41, 5.74) is 4.20. The fraction of sp³-hybridized carbons (Fsp3) is 0. The fourth-order valence-electron chi connectivity index (χ4n) is 1.90. The summed E-state index contributed by atoms with van der Waals surface area (Å²) >= 11 is 5.88. The average Bonchev–Trinajstić information content (AvgIpc) is 2.49. The van der Waals surface area contributed by atoms with Gasteiger partial charge >= 0.3 is 0 Å². The van der Waals surface area contributed by atoms with Crippen molar-refractivity contribution in [2.75, 3.05) is 0 Å². The van der Waals surface area contributed by atoms with Crippen molar-refractivity contribution in [1.82, 2.24) is 9.97 Å². The number of nitrogens with zero attached hydrogens (tertiary/aromatic N) is 2. The van der Waals surface area contributed by atoms with Gasteiger partial charge in [-0.25, -0.2) is 0 Å². The number of pyridine rings is 2. The van der Waals surface area contributed by atoms with Crippen molar-refractivity contribution in [1.29, 1.82) is 0 Å². The van der Waals surface area contributed by atoms with E-state index < -0.39 is 0 Å². The topological polar surface area (TPSA) is 25.8 Å². The summed E-state index contributed by atoms with van der Waals surface area (Å²) in [6.45, 7) is 0. The molecule has 1 aromatic carbocycles. The third-order valence-electron chi connectivity index (χ3n) is 2.92. The Kier molecular flexibility index (Phi) is 3.25. The maximum Gasteiger partial charge on any atom is 0.0703 e. The van der Waals surface area contributed by atoms with Crippen LogP contribution in [0, 0.1) is 0 Å². The van der Waals surface area contributed by atoms with Crippen molar-refractivity contribution in [3.8, 4) is 22.4 Å². The van der Waals surface area contributed by atoms with Crippen LogP contribution in [0.2, 0.25) is 5.02 Å². The number of rotatable bonds is 2. The molecule has 0 amide bonds. The molecule has 0 aliphatic heterocycles. The van der Waals surface area contributed by atoms with E-state index in [1.807, 2.05) is 48.7 Å². The summed E-state index contributed by atoms with van der Waals surface area (Å²) < 4.78 is 0. The predicted octanol–water partition coefficient (Wildman–Crippen LogP) is 4.46. The maximum atomic E-state index is 5.88. The highest BCUT2D eigenvalue weighted by Crippen LogP contribution is 2.23. The molecule has 3 heteroatoms. The van der Waals surface area contributed by atoms with E-state index >= 15 is 0 Å². The van der Waals surface area contributed by atoms with Crippen molar-refractivity contribution < 1.29 is 0 Å². The molecule has 3 rings (SSSR count). The average molecular weight is 267 g/mol. The normalized spacial score (nSPS) is 10.4. The lowest BCUT2D eigenvalue weighted by molar-refractivity contribution is 1.29. The van der Waals surface area contributed by atoms with E-state index in [1.54, 1.807) is 12.4 Å². The molecule has 19 heavy (non-hydrogen) atoms. The maximum absolute atomic E-state index is 5.88. The number of hydrogen-bond acceptors (Lipinski definition) is 2. The van der Waals surface area contributed by atoms with Gasteiger partial charge in [0.25, 0.3) is 0 Å². The molecule has 0 saturated carbocycles. The Balaban J connectivity index is 1.93. The van der Waals surface area contributed by atoms with Crippen LogP contribution in [0.1, 0.15) is 0 Å². The summed E-state index contributed by atoms with van der Waals surface area (Å²) in [5.74, 6) is 0. The number of aromatic nitrogens is 2. The first-order valence-electron chi connectivity index (χ1n) is 5.95. The Bertz CT molecular complexity index is 661. The van der Waals surface area contributed by atoms with Gasteiger partial charge in [0.2, 0.25) is 0 Å². The zero-order chi connectivity index (χ0) is 13.1. The molecule has 0 fully saturated rings. The summed E-state index contributed by atoms with van der Waals surface area (Å²) in [7, 11) is 0. The van der Waals surface area contributed by atoms with Gasteiger partial charge in [-0.1, -0.05) is 29.8 Å². The Morgan fingerprint density at radius 3 is 2.00 bits per heavy atom. The Hall–Kier alpha value is -2.19. The van der Waals surface area contributed by atoms with E-state index in [4.69, 9.17) is 11.6 Å². The van der Waals surface area contributed by atoms with Crippen molar-refractivity contribution in [3.63, 3.8) is 0 Å². The number of benzene rings is 1. The van der Waals surface area contributed by atoms with E-state index in [9.17, 15) is 0 Å². The second-order valence-corrected chi connectivity index (χ2v) is 4.61. The highest BCUT2D eigenvalue weighted by molar-refractivity contribution is 6.30. The molecule has 0 bridgehead atoms. The molecular formula is C16H11ClN2. The van der Waals surface area contributed by atoms with Crippen LogP contribution in [-0.4, -0.2) is 9.97 Å². The third kappa shape index (κ3) is 2.64. The lowest BCUT2D eigenvalue weighted by atomic mass is 10.1. The molecule has 2 aromatic heterocycles. The first kappa shape index (κ1) is 11.9. The molecule has 2 nitrogen and oxygen atoms in total. The summed E-state index contributed by atoms with van der Waals surface area (Å²) in [6, 6.07) is 15.7. The van der Waals surface area contributed by atoms with Gasteiger partial charge in [0, 0.05) is 34.7 Å². The quantitative estimate of drug-likeness (QED) is 0.684. The Morgan fingerprint density at radius 1 is 0.684 bits per heavy atom. The Morgan fingerprint density at radius 2 is 1.37 bits per heavy atom. The molecule has 0 aliphatic rings. The molecule has 0 unspecified atom stereocenters. The van der Waals surface area contributed by atoms with Crippen LogP contribution in [-0.2, 0) is 0 Å². The molecule has 0 atom stereocenters. The van der Waals surface area contributed by atoms with Crippen LogP contribution in [0.25, 0.3) is 22.4 Å². The minimum absolute atomic E-state index is 0.741. The first-order valence-corrected chi connectivity index (χ1v) is 6.33.